The van der Waals surface area contributed by atoms with Gasteiger partial charge in [0.1, 0.15) is 0 Å². The lowest BCUT2D eigenvalue weighted by atomic mass is 9.79. The van der Waals surface area contributed by atoms with E-state index in [1.807, 2.05) is 0 Å². The minimum Gasteiger partial charge on any atom is -0.353 e. The minimum absolute atomic E-state index is 0.164. The Balaban J connectivity index is 1.80. The molecule has 0 heterocycles. The summed E-state index contributed by atoms with van der Waals surface area (Å²) in [6.45, 7) is 4.46. The average molecular weight is 238 g/mol. The summed E-state index contributed by atoms with van der Waals surface area (Å²) in [5.74, 6) is 1.77. The van der Waals surface area contributed by atoms with Crippen LogP contribution in [0.25, 0.3) is 0 Å². The molecule has 2 aliphatic carbocycles. The molecule has 2 aliphatic rings. The van der Waals surface area contributed by atoms with Gasteiger partial charge < -0.3 is 11.1 Å². The maximum absolute atomic E-state index is 12.1. The van der Waals surface area contributed by atoms with E-state index in [4.69, 9.17) is 5.73 Å². The van der Waals surface area contributed by atoms with Crippen LogP contribution < -0.4 is 11.1 Å². The zero-order chi connectivity index (χ0) is 12.4. The van der Waals surface area contributed by atoms with Crippen LogP contribution in [0.1, 0.15) is 52.4 Å². The Bertz CT molecular complexity index is 279. The van der Waals surface area contributed by atoms with Gasteiger partial charge in [-0.1, -0.05) is 13.8 Å². The van der Waals surface area contributed by atoms with E-state index in [-0.39, 0.29) is 17.9 Å². The summed E-state index contributed by atoms with van der Waals surface area (Å²) in [6, 6.07) is 0.634. The summed E-state index contributed by atoms with van der Waals surface area (Å²) in [7, 11) is 0. The van der Waals surface area contributed by atoms with Crippen LogP contribution in [0.5, 0.6) is 0 Å². The van der Waals surface area contributed by atoms with E-state index in [0.717, 1.165) is 38.0 Å². The monoisotopic (exact) mass is 238 g/mol. The van der Waals surface area contributed by atoms with Crippen LogP contribution in [-0.4, -0.2) is 18.0 Å². The molecule has 0 aromatic carbocycles. The molecule has 1 amide bonds. The van der Waals surface area contributed by atoms with Crippen LogP contribution in [0, 0.1) is 17.8 Å². The Morgan fingerprint density at radius 1 is 1.12 bits per heavy atom. The van der Waals surface area contributed by atoms with Crippen LogP contribution in [-0.2, 0) is 4.79 Å². The second-order valence-electron chi connectivity index (χ2n) is 6.27. The van der Waals surface area contributed by atoms with Crippen molar-refractivity contribution < 1.29 is 4.79 Å². The maximum Gasteiger partial charge on any atom is 0.223 e. The molecule has 98 valence electrons. The van der Waals surface area contributed by atoms with Gasteiger partial charge in [0.05, 0.1) is 0 Å². The van der Waals surface area contributed by atoms with Crippen LogP contribution in [0.15, 0.2) is 0 Å². The highest BCUT2D eigenvalue weighted by Gasteiger charge is 2.31. The molecule has 0 aromatic rings. The fourth-order valence-corrected chi connectivity index (χ4v) is 3.25. The number of hydrogen-bond donors (Lipinski definition) is 2. The van der Waals surface area contributed by atoms with Gasteiger partial charge in [-0.2, -0.15) is 0 Å². The van der Waals surface area contributed by atoms with Crippen molar-refractivity contribution in [2.75, 3.05) is 0 Å². The first-order valence-corrected chi connectivity index (χ1v) is 7.12. The standard InChI is InChI=1S/C14H26N2O/c1-9-3-6-12(7-9)16-14(17)11-5-4-10(2)13(15)8-11/h9-13H,3-8,15H2,1-2H3,(H,16,17). The number of nitrogens with two attached hydrogens (primary N) is 1. The Kier molecular flexibility index (Phi) is 4.08. The molecule has 17 heavy (non-hydrogen) atoms. The maximum atomic E-state index is 12.1. The lowest BCUT2D eigenvalue weighted by molar-refractivity contribution is -0.127. The second kappa shape index (κ2) is 5.38. The Labute approximate surface area is 105 Å². The fraction of sp³-hybridized carbons (Fsp3) is 0.929. The molecule has 0 aromatic heterocycles. The van der Waals surface area contributed by atoms with Crippen LogP contribution >= 0.6 is 0 Å². The summed E-state index contributed by atoms with van der Waals surface area (Å²) in [4.78, 5) is 12.1. The molecule has 5 unspecified atom stereocenters. The molecule has 3 heteroatoms. The quantitative estimate of drug-likeness (QED) is 0.773. The largest absolute Gasteiger partial charge is 0.353 e. The van der Waals surface area contributed by atoms with Crippen LogP contribution in [0.2, 0.25) is 0 Å². The molecule has 2 fully saturated rings. The van der Waals surface area contributed by atoms with E-state index in [2.05, 4.69) is 19.2 Å². The smallest absolute Gasteiger partial charge is 0.223 e. The van der Waals surface area contributed by atoms with Crippen molar-refractivity contribution in [1.29, 1.82) is 0 Å². The summed E-state index contributed by atoms with van der Waals surface area (Å²) < 4.78 is 0. The van der Waals surface area contributed by atoms with E-state index in [1.54, 1.807) is 0 Å². The molecule has 0 bridgehead atoms. The van der Waals surface area contributed by atoms with Gasteiger partial charge in [-0.3, -0.25) is 4.79 Å². The number of amides is 1. The Morgan fingerprint density at radius 2 is 1.88 bits per heavy atom. The third kappa shape index (κ3) is 3.21. The predicted octanol–water partition coefficient (Wildman–Crippen LogP) is 2.05. The molecule has 2 saturated carbocycles. The summed E-state index contributed by atoms with van der Waals surface area (Å²) >= 11 is 0. The first-order valence-electron chi connectivity index (χ1n) is 7.12. The number of rotatable bonds is 2. The summed E-state index contributed by atoms with van der Waals surface area (Å²) in [5, 5.41) is 3.22. The highest BCUT2D eigenvalue weighted by atomic mass is 16.1. The molecule has 3 nitrogen and oxygen atoms in total. The number of carbonyl (C=O) groups is 1. The van der Waals surface area contributed by atoms with Gasteiger partial charge in [0, 0.05) is 18.0 Å². The third-order valence-corrected chi connectivity index (χ3v) is 4.67. The first-order chi connectivity index (χ1) is 8.06. The average Bonchev–Trinajstić information content (AvgIpc) is 2.68. The number of hydrogen-bond acceptors (Lipinski definition) is 2. The fourth-order valence-electron chi connectivity index (χ4n) is 3.25. The number of carbonyl (C=O) groups excluding carboxylic acids is 1. The van der Waals surface area contributed by atoms with Crippen molar-refractivity contribution in [2.24, 2.45) is 23.5 Å². The van der Waals surface area contributed by atoms with Crippen molar-refractivity contribution >= 4 is 5.91 Å². The molecule has 0 spiro atoms. The van der Waals surface area contributed by atoms with Crippen molar-refractivity contribution in [2.45, 2.75) is 64.5 Å². The van der Waals surface area contributed by atoms with Gasteiger partial charge in [0.25, 0.3) is 0 Å². The van der Waals surface area contributed by atoms with Gasteiger partial charge in [0.15, 0.2) is 0 Å². The molecule has 3 N–H and O–H groups in total. The molecule has 2 rings (SSSR count). The third-order valence-electron chi connectivity index (χ3n) is 4.67. The van der Waals surface area contributed by atoms with Gasteiger partial charge in [-0.25, -0.2) is 0 Å². The van der Waals surface area contributed by atoms with E-state index in [0.29, 0.717) is 12.0 Å². The molecular formula is C14H26N2O. The van der Waals surface area contributed by atoms with Crippen molar-refractivity contribution in [3.63, 3.8) is 0 Å². The van der Waals surface area contributed by atoms with Gasteiger partial charge in [-0.15, -0.1) is 0 Å². The van der Waals surface area contributed by atoms with Gasteiger partial charge >= 0.3 is 0 Å². The molecule has 0 radical (unpaired) electrons. The zero-order valence-electron chi connectivity index (χ0n) is 11.1. The van der Waals surface area contributed by atoms with Crippen LogP contribution in [0.4, 0.5) is 0 Å². The minimum atomic E-state index is 0.164. The summed E-state index contributed by atoms with van der Waals surface area (Å²) in [6.07, 6.45) is 6.55. The Hall–Kier alpha value is -0.570. The Morgan fingerprint density at radius 3 is 2.47 bits per heavy atom. The lowest BCUT2D eigenvalue weighted by Crippen LogP contribution is -2.43. The first kappa shape index (κ1) is 12.9. The zero-order valence-corrected chi connectivity index (χ0v) is 11.1. The predicted molar refractivity (Wildman–Crippen MR) is 69.4 cm³/mol. The SMILES string of the molecule is CC1CCC(NC(=O)C2CCC(C)C(N)C2)C1. The second-order valence-corrected chi connectivity index (χ2v) is 6.27. The van der Waals surface area contributed by atoms with Gasteiger partial charge in [0.2, 0.25) is 5.91 Å². The lowest BCUT2D eigenvalue weighted by Gasteiger charge is -2.31. The van der Waals surface area contributed by atoms with E-state index >= 15 is 0 Å². The molecule has 0 aliphatic heterocycles. The van der Waals surface area contributed by atoms with Crippen molar-refractivity contribution in [3.8, 4) is 0 Å². The normalized spacial score (nSPS) is 42.4. The molecular weight excluding hydrogens is 212 g/mol. The van der Waals surface area contributed by atoms with E-state index in [1.165, 1.54) is 6.42 Å². The van der Waals surface area contributed by atoms with Crippen LogP contribution in [0.3, 0.4) is 0 Å². The number of nitrogens with one attached hydrogen (secondary N) is 1. The topological polar surface area (TPSA) is 55.1 Å². The highest BCUT2D eigenvalue weighted by Crippen LogP contribution is 2.29. The molecule has 5 atom stereocenters. The van der Waals surface area contributed by atoms with Crippen molar-refractivity contribution in [3.05, 3.63) is 0 Å². The van der Waals surface area contributed by atoms with E-state index < -0.39 is 0 Å². The highest BCUT2D eigenvalue weighted by molar-refractivity contribution is 5.79. The summed E-state index contributed by atoms with van der Waals surface area (Å²) in [5.41, 5.74) is 6.06. The van der Waals surface area contributed by atoms with Gasteiger partial charge in [-0.05, 0) is 50.4 Å². The van der Waals surface area contributed by atoms with E-state index in [9.17, 15) is 4.79 Å². The molecule has 0 saturated heterocycles. The van der Waals surface area contributed by atoms with Crippen molar-refractivity contribution in [1.82, 2.24) is 5.32 Å².